The minimum Gasteiger partial charge on any atom is -0.507 e. The number of aromatic hydroxyl groups is 1. The lowest BCUT2D eigenvalue weighted by Gasteiger charge is -2.03. The molecule has 0 saturated heterocycles. The Kier molecular flexibility index (Phi) is 2.80. The Morgan fingerprint density at radius 3 is 2.70 bits per heavy atom. The van der Waals surface area contributed by atoms with Crippen LogP contribution in [-0.4, -0.2) is 29.3 Å². The SMILES string of the molecule is Cn1cc(-c2cc(N)nc3nc(-c4ccccc4O)cn23)cn1. The lowest BCUT2D eigenvalue weighted by atomic mass is 10.1. The number of anilines is 1. The summed E-state index contributed by atoms with van der Waals surface area (Å²) < 4.78 is 3.56. The standard InChI is InChI=1S/C16H14N6O/c1-21-8-10(7-18-21)13-6-15(17)20-16-19-12(9-22(13)16)11-4-2-3-5-14(11)23/h2-9,23H,1H3,(H2,17,19,20). The van der Waals surface area contributed by atoms with Crippen molar-refractivity contribution in [3.05, 3.63) is 48.9 Å². The van der Waals surface area contributed by atoms with E-state index in [1.54, 1.807) is 29.1 Å². The van der Waals surface area contributed by atoms with E-state index in [-0.39, 0.29) is 5.75 Å². The number of benzene rings is 1. The molecule has 3 N–H and O–H groups in total. The van der Waals surface area contributed by atoms with Gasteiger partial charge in [-0.15, -0.1) is 0 Å². The summed E-state index contributed by atoms with van der Waals surface area (Å²) in [5.41, 5.74) is 8.94. The second-order valence-electron chi connectivity index (χ2n) is 5.28. The second-order valence-corrected chi connectivity index (χ2v) is 5.28. The van der Waals surface area contributed by atoms with Crippen molar-refractivity contribution in [1.29, 1.82) is 0 Å². The number of nitrogen functional groups attached to an aromatic ring is 1. The summed E-state index contributed by atoms with van der Waals surface area (Å²) in [4.78, 5) is 8.75. The van der Waals surface area contributed by atoms with E-state index in [1.165, 1.54) is 0 Å². The maximum atomic E-state index is 10.0. The molecule has 23 heavy (non-hydrogen) atoms. The molecule has 0 radical (unpaired) electrons. The average molecular weight is 306 g/mol. The van der Waals surface area contributed by atoms with Crippen LogP contribution in [0.25, 0.3) is 28.3 Å². The number of aromatic nitrogens is 5. The predicted octanol–water partition coefficient (Wildman–Crippen LogP) is 2.08. The number of nitrogens with zero attached hydrogens (tertiary/aromatic N) is 5. The third-order valence-electron chi connectivity index (χ3n) is 3.64. The molecule has 0 aliphatic rings. The summed E-state index contributed by atoms with van der Waals surface area (Å²) in [6.45, 7) is 0. The fourth-order valence-corrected chi connectivity index (χ4v) is 2.58. The second kappa shape index (κ2) is 4.84. The first-order valence-corrected chi connectivity index (χ1v) is 7.05. The van der Waals surface area contributed by atoms with Gasteiger partial charge in [-0.2, -0.15) is 10.1 Å². The summed E-state index contributed by atoms with van der Waals surface area (Å²) in [5, 5.41) is 14.2. The fourth-order valence-electron chi connectivity index (χ4n) is 2.58. The number of hydrogen-bond donors (Lipinski definition) is 2. The number of phenolic OH excluding ortho intramolecular Hbond substituents is 1. The summed E-state index contributed by atoms with van der Waals surface area (Å²) in [7, 11) is 1.85. The highest BCUT2D eigenvalue weighted by Gasteiger charge is 2.14. The molecule has 0 saturated carbocycles. The highest BCUT2D eigenvalue weighted by molar-refractivity contribution is 5.71. The maximum absolute atomic E-state index is 10.0. The normalized spacial score (nSPS) is 11.2. The average Bonchev–Trinajstić information content (AvgIpc) is 3.13. The van der Waals surface area contributed by atoms with E-state index in [4.69, 9.17) is 5.73 Å². The van der Waals surface area contributed by atoms with Gasteiger partial charge in [-0.3, -0.25) is 9.08 Å². The number of hydrogen-bond acceptors (Lipinski definition) is 5. The van der Waals surface area contributed by atoms with Gasteiger partial charge in [0, 0.05) is 36.6 Å². The van der Waals surface area contributed by atoms with Crippen molar-refractivity contribution in [1.82, 2.24) is 24.1 Å². The molecule has 7 heteroatoms. The number of nitrogens with two attached hydrogens (primary N) is 1. The van der Waals surface area contributed by atoms with Gasteiger partial charge in [0.05, 0.1) is 17.6 Å². The first kappa shape index (κ1) is 13.3. The molecule has 3 aromatic heterocycles. The molecule has 4 rings (SSSR count). The van der Waals surface area contributed by atoms with Crippen LogP contribution in [-0.2, 0) is 7.05 Å². The van der Waals surface area contributed by atoms with Crippen LogP contribution in [0.5, 0.6) is 5.75 Å². The third kappa shape index (κ3) is 2.18. The van der Waals surface area contributed by atoms with Crippen molar-refractivity contribution in [2.75, 3.05) is 5.73 Å². The minimum atomic E-state index is 0.173. The molecule has 114 valence electrons. The molecule has 0 unspecified atom stereocenters. The fraction of sp³-hybridized carbons (Fsp3) is 0.0625. The first-order valence-electron chi connectivity index (χ1n) is 7.05. The molecule has 0 spiro atoms. The van der Waals surface area contributed by atoms with Gasteiger partial charge in [0.15, 0.2) is 0 Å². The lowest BCUT2D eigenvalue weighted by Crippen LogP contribution is -1.98. The summed E-state index contributed by atoms with van der Waals surface area (Å²) >= 11 is 0. The number of aryl methyl sites for hydroxylation is 1. The van der Waals surface area contributed by atoms with Crippen LogP contribution in [0.1, 0.15) is 0 Å². The van der Waals surface area contributed by atoms with Crippen LogP contribution in [0.3, 0.4) is 0 Å². The van der Waals surface area contributed by atoms with E-state index in [1.807, 2.05) is 36.0 Å². The zero-order chi connectivity index (χ0) is 16.0. The molecule has 4 aromatic rings. The van der Waals surface area contributed by atoms with Crippen molar-refractivity contribution < 1.29 is 5.11 Å². The number of fused-ring (bicyclic) bond motifs is 1. The van der Waals surface area contributed by atoms with E-state index >= 15 is 0 Å². The number of para-hydroxylation sites is 1. The molecule has 0 aliphatic carbocycles. The Balaban J connectivity index is 1.97. The molecule has 1 aromatic carbocycles. The van der Waals surface area contributed by atoms with Crippen LogP contribution in [0.4, 0.5) is 5.82 Å². The summed E-state index contributed by atoms with van der Waals surface area (Å²) in [6.07, 6.45) is 5.49. The quantitative estimate of drug-likeness (QED) is 0.591. The number of imidazole rings is 1. The van der Waals surface area contributed by atoms with Crippen molar-refractivity contribution in [2.45, 2.75) is 0 Å². The molecule has 7 nitrogen and oxygen atoms in total. The monoisotopic (exact) mass is 306 g/mol. The maximum Gasteiger partial charge on any atom is 0.236 e. The van der Waals surface area contributed by atoms with Gasteiger partial charge in [0.25, 0.3) is 0 Å². The molecule has 0 fully saturated rings. The largest absolute Gasteiger partial charge is 0.507 e. The first-order chi connectivity index (χ1) is 11.1. The smallest absolute Gasteiger partial charge is 0.236 e. The van der Waals surface area contributed by atoms with Crippen LogP contribution < -0.4 is 5.73 Å². The van der Waals surface area contributed by atoms with Crippen molar-refractivity contribution in [3.63, 3.8) is 0 Å². The van der Waals surface area contributed by atoms with Crippen LogP contribution in [0.15, 0.2) is 48.9 Å². The van der Waals surface area contributed by atoms with Gasteiger partial charge in [-0.1, -0.05) is 12.1 Å². The topological polar surface area (TPSA) is 94.3 Å². The van der Waals surface area contributed by atoms with E-state index in [0.717, 1.165) is 11.3 Å². The third-order valence-corrected chi connectivity index (χ3v) is 3.64. The van der Waals surface area contributed by atoms with Crippen LogP contribution >= 0.6 is 0 Å². The lowest BCUT2D eigenvalue weighted by molar-refractivity contribution is 0.477. The van der Waals surface area contributed by atoms with Crippen molar-refractivity contribution >= 4 is 11.6 Å². The van der Waals surface area contributed by atoms with Gasteiger partial charge in [0.2, 0.25) is 5.78 Å². The Hall–Kier alpha value is -3.35. The highest BCUT2D eigenvalue weighted by atomic mass is 16.3. The number of phenols is 1. The van der Waals surface area contributed by atoms with Gasteiger partial charge < -0.3 is 10.8 Å². The van der Waals surface area contributed by atoms with E-state index in [2.05, 4.69) is 15.1 Å². The predicted molar refractivity (Wildman–Crippen MR) is 86.7 cm³/mol. The molecule has 0 bridgehead atoms. The Labute approximate surface area is 131 Å². The van der Waals surface area contributed by atoms with E-state index in [0.29, 0.717) is 22.9 Å². The minimum absolute atomic E-state index is 0.173. The molecular weight excluding hydrogens is 292 g/mol. The van der Waals surface area contributed by atoms with E-state index in [9.17, 15) is 5.11 Å². The van der Waals surface area contributed by atoms with Gasteiger partial charge in [0.1, 0.15) is 11.6 Å². The Bertz CT molecular complexity index is 1020. The molecular formula is C16H14N6O. The molecule has 0 aliphatic heterocycles. The molecule has 3 heterocycles. The summed E-state index contributed by atoms with van der Waals surface area (Å²) in [5.74, 6) is 1.03. The van der Waals surface area contributed by atoms with Crippen molar-refractivity contribution in [2.24, 2.45) is 7.05 Å². The van der Waals surface area contributed by atoms with Gasteiger partial charge in [-0.05, 0) is 12.1 Å². The number of rotatable bonds is 2. The Morgan fingerprint density at radius 2 is 1.96 bits per heavy atom. The van der Waals surface area contributed by atoms with Crippen LogP contribution in [0.2, 0.25) is 0 Å². The van der Waals surface area contributed by atoms with Crippen molar-refractivity contribution in [3.8, 4) is 28.3 Å². The zero-order valence-electron chi connectivity index (χ0n) is 12.4. The molecule has 0 amide bonds. The Morgan fingerprint density at radius 1 is 1.13 bits per heavy atom. The van der Waals surface area contributed by atoms with Gasteiger partial charge in [-0.25, -0.2) is 4.98 Å². The van der Waals surface area contributed by atoms with E-state index < -0.39 is 0 Å². The zero-order valence-corrected chi connectivity index (χ0v) is 12.4. The molecule has 0 atom stereocenters. The van der Waals surface area contributed by atoms with Crippen LogP contribution in [0, 0.1) is 0 Å². The summed E-state index contributed by atoms with van der Waals surface area (Å²) in [6, 6.07) is 8.84. The highest BCUT2D eigenvalue weighted by Crippen LogP contribution is 2.30. The van der Waals surface area contributed by atoms with Gasteiger partial charge >= 0.3 is 0 Å².